The lowest BCUT2D eigenvalue weighted by Gasteiger charge is -2.13. The van der Waals surface area contributed by atoms with E-state index in [1.807, 2.05) is 6.07 Å². The highest BCUT2D eigenvalue weighted by atomic mass is 35.5. The molecule has 4 rings (SSSR count). The van der Waals surface area contributed by atoms with Crippen molar-refractivity contribution in [3.63, 3.8) is 0 Å². The van der Waals surface area contributed by atoms with Crippen LogP contribution in [-0.2, 0) is 10.0 Å². The first-order valence-electron chi connectivity index (χ1n) is 8.22. The number of nitrogens with one attached hydrogen (secondary N) is 1. The number of nitrogens with zero attached hydrogens (tertiary/aromatic N) is 2. The van der Waals surface area contributed by atoms with Crippen LogP contribution in [-0.4, -0.2) is 18.0 Å². The molecule has 4 aromatic rings. The highest BCUT2D eigenvalue weighted by Crippen LogP contribution is 2.27. The molecule has 2 heterocycles. The topological polar surface area (TPSA) is 81.1 Å². The fourth-order valence-electron chi connectivity index (χ4n) is 2.90. The average molecular weight is 432 g/mol. The third kappa shape index (κ3) is 3.42. The first kappa shape index (κ1) is 18.7. The maximum atomic E-state index is 12.9. The molecule has 142 valence electrons. The minimum absolute atomic E-state index is 0.114. The van der Waals surface area contributed by atoms with Gasteiger partial charge >= 0.3 is 0 Å². The summed E-state index contributed by atoms with van der Waals surface area (Å²) < 4.78 is 29.5. The van der Waals surface area contributed by atoms with Crippen LogP contribution in [0.15, 0.2) is 69.7 Å². The average Bonchev–Trinajstić information content (AvgIpc) is 3.09. The Kier molecular flexibility index (Phi) is 4.70. The van der Waals surface area contributed by atoms with Crippen molar-refractivity contribution in [2.45, 2.75) is 11.1 Å². The van der Waals surface area contributed by atoms with Gasteiger partial charge in [0.15, 0.2) is 0 Å². The highest BCUT2D eigenvalue weighted by Gasteiger charge is 2.17. The van der Waals surface area contributed by atoms with Gasteiger partial charge in [-0.2, -0.15) is 0 Å². The molecular weight excluding hydrogens is 418 g/mol. The summed E-state index contributed by atoms with van der Waals surface area (Å²) in [5, 5.41) is 0.493. The minimum Gasteiger partial charge on any atom is -0.279 e. The first-order chi connectivity index (χ1) is 13.3. The number of sulfonamides is 1. The van der Waals surface area contributed by atoms with E-state index in [0.717, 1.165) is 11.3 Å². The summed E-state index contributed by atoms with van der Waals surface area (Å²) in [5.41, 5.74) is 1.26. The van der Waals surface area contributed by atoms with Gasteiger partial charge in [0.25, 0.3) is 15.6 Å². The molecule has 0 spiro atoms. The standard InChI is InChI=1S/C19H14ClN3O3S2/c1-12-21-16-8-3-2-7-15(16)19(24)23(12)14-6-4-5-13(11-14)22-28(25,26)18-10-9-17(20)27-18/h2-11,22H,1H3. The second-order valence-corrected chi connectivity index (χ2v) is 9.66. The first-order valence-corrected chi connectivity index (χ1v) is 10.9. The lowest BCUT2D eigenvalue weighted by atomic mass is 10.2. The molecule has 2 aromatic heterocycles. The quantitative estimate of drug-likeness (QED) is 0.524. The van der Waals surface area contributed by atoms with Gasteiger partial charge in [0.1, 0.15) is 10.0 Å². The van der Waals surface area contributed by atoms with Crippen molar-refractivity contribution in [2.24, 2.45) is 0 Å². The van der Waals surface area contributed by atoms with Crippen LogP contribution in [0, 0.1) is 6.92 Å². The number of aromatic nitrogens is 2. The predicted molar refractivity (Wildman–Crippen MR) is 112 cm³/mol. The molecule has 0 aliphatic carbocycles. The molecule has 6 nitrogen and oxygen atoms in total. The van der Waals surface area contributed by atoms with Crippen molar-refractivity contribution in [1.82, 2.24) is 9.55 Å². The lowest BCUT2D eigenvalue weighted by Crippen LogP contribution is -2.22. The summed E-state index contributed by atoms with van der Waals surface area (Å²) in [6, 6.07) is 16.7. The van der Waals surface area contributed by atoms with Crippen LogP contribution in [0.2, 0.25) is 4.34 Å². The van der Waals surface area contributed by atoms with Crippen LogP contribution in [0.3, 0.4) is 0 Å². The zero-order valence-electron chi connectivity index (χ0n) is 14.6. The van der Waals surface area contributed by atoms with Gasteiger partial charge in [-0.25, -0.2) is 13.4 Å². The second-order valence-electron chi connectivity index (χ2n) is 6.03. The molecule has 9 heteroatoms. The number of para-hydroxylation sites is 1. The molecule has 0 aliphatic heterocycles. The van der Waals surface area contributed by atoms with Crippen molar-refractivity contribution < 1.29 is 8.42 Å². The van der Waals surface area contributed by atoms with E-state index >= 15 is 0 Å². The fraction of sp³-hybridized carbons (Fsp3) is 0.0526. The van der Waals surface area contributed by atoms with E-state index in [1.54, 1.807) is 49.4 Å². The zero-order valence-corrected chi connectivity index (χ0v) is 17.0. The summed E-state index contributed by atoms with van der Waals surface area (Å²) in [4.78, 5) is 17.4. The van der Waals surface area contributed by atoms with E-state index in [1.165, 1.54) is 16.7 Å². The SMILES string of the molecule is Cc1nc2ccccc2c(=O)n1-c1cccc(NS(=O)(=O)c2ccc(Cl)s2)c1. The monoisotopic (exact) mass is 431 g/mol. The number of anilines is 1. The zero-order chi connectivity index (χ0) is 19.9. The number of halogens is 1. The van der Waals surface area contributed by atoms with Gasteiger partial charge in [-0.05, 0) is 49.4 Å². The van der Waals surface area contributed by atoms with E-state index in [-0.39, 0.29) is 9.77 Å². The van der Waals surface area contributed by atoms with Crippen molar-refractivity contribution in [2.75, 3.05) is 4.72 Å². The second kappa shape index (κ2) is 7.05. The van der Waals surface area contributed by atoms with Crippen LogP contribution >= 0.6 is 22.9 Å². The molecule has 2 aromatic carbocycles. The molecule has 0 aliphatic rings. The van der Waals surface area contributed by atoms with E-state index < -0.39 is 10.0 Å². The highest BCUT2D eigenvalue weighted by molar-refractivity contribution is 7.94. The molecule has 0 saturated heterocycles. The van der Waals surface area contributed by atoms with Gasteiger partial charge in [0.2, 0.25) is 0 Å². The number of thiophene rings is 1. The van der Waals surface area contributed by atoms with Gasteiger partial charge in [0.05, 0.1) is 26.6 Å². The summed E-state index contributed by atoms with van der Waals surface area (Å²) in [6.45, 7) is 1.73. The third-order valence-electron chi connectivity index (χ3n) is 4.11. The summed E-state index contributed by atoms with van der Waals surface area (Å²) >= 11 is 6.81. The van der Waals surface area contributed by atoms with E-state index in [4.69, 9.17) is 11.6 Å². The van der Waals surface area contributed by atoms with Crippen LogP contribution in [0.5, 0.6) is 0 Å². The normalized spacial score (nSPS) is 11.6. The van der Waals surface area contributed by atoms with E-state index in [0.29, 0.717) is 32.4 Å². The number of rotatable bonds is 4. The Morgan fingerprint density at radius 1 is 1.07 bits per heavy atom. The van der Waals surface area contributed by atoms with E-state index in [2.05, 4.69) is 9.71 Å². The third-order valence-corrected chi connectivity index (χ3v) is 7.22. The Bertz CT molecular complexity index is 1360. The molecule has 0 saturated carbocycles. The van der Waals surface area contributed by atoms with Gasteiger partial charge in [-0.15, -0.1) is 11.3 Å². The number of benzene rings is 2. The van der Waals surface area contributed by atoms with Crippen molar-refractivity contribution in [1.29, 1.82) is 0 Å². The molecule has 0 fully saturated rings. The fourth-order valence-corrected chi connectivity index (χ4v) is 5.44. The Morgan fingerprint density at radius 2 is 1.86 bits per heavy atom. The van der Waals surface area contributed by atoms with Gasteiger partial charge < -0.3 is 0 Å². The molecule has 0 radical (unpaired) electrons. The minimum atomic E-state index is -3.77. The van der Waals surface area contributed by atoms with Gasteiger partial charge in [-0.1, -0.05) is 29.8 Å². The maximum Gasteiger partial charge on any atom is 0.271 e. The summed E-state index contributed by atoms with van der Waals surface area (Å²) in [7, 11) is -3.77. The largest absolute Gasteiger partial charge is 0.279 e. The Balaban J connectivity index is 1.78. The molecule has 0 bridgehead atoms. The smallest absolute Gasteiger partial charge is 0.271 e. The maximum absolute atomic E-state index is 12.9. The number of aryl methyl sites for hydroxylation is 1. The molecule has 0 atom stereocenters. The van der Waals surface area contributed by atoms with Crippen LogP contribution < -0.4 is 10.3 Å². The molecule has 1 N–H and O–H groups in total. The lowest BCUT2D eigenvalue weighted by molar-refractivity contribution is 0.603. The molecule has 0 amide bonds. The van der Waals surface area contributed by atoms with Gasteiger partial charge in [0, 0.05) is 0 Å². The number of hydrogen-bond acceptors (Lipinski definition) is 5. The summed E-state index contributed by atoms with van der Waals surface area (Å²) in [5.74, 6) is 0.508. The Labute approximate surface area is 170 Å². The molecule has 28 heavy (non-hydrogen) atoms. The molecular formula is C19H14ClN3O3S2. The Morgan fingerprint density at radius 3 is 2.61 bits per heavy atom. The molecule has 0 unspecified atom stereocenters. The van der Waals surface area contributed by atoms with Crippen LogP contribution in [0.1, 0.15) is 5.82 Å². The van der Waals surface area contributed by atoms with E-state index in [9.17, 15) is 13.2 Å². The predicted octanol–water partition coefficient (Wildman–Crippen LogP) is 4.21. The van der Waals surface area contributed by atoms with Crippen molar-refractivity contribution in [3.05, 3.63) is 81.2 Å². The Hall–Kier alpha value is -2.68. The number of fused-ring (bicyclic) bond motifs is 1. The van der Waals surface area contributed by atoms with Crippen LogP contribution in [0.4, 0.5) is 5.69 Å². The van der Waals surface area contributed by atoms with Crippen molar-refractivity contribution in [3.8, 4) is 5.69 Å². The number of hydrogen-bond donors (Lipinski definition) is 1. The van der Waals surface area contributed by atoms with Crippen LogP contribution in [0.25, 0.3) is 16.6 Å². The van der Waals surface area contributed by atoms with Gasteiger partial charge in [-0.3, -0.25) is 14.1 Å². The van der Waals surface area contributed by atoms with Crippen molar-refractivity contribution >= 4 is 49.6 Å². The summed E-state index contributed by atoms with van der Waals surface area (Å²) in [6.07, 6.45) is 0.